The number of aromatic nitrogens is 4. The molecule has 56 valence electrons. The van der Waals surface area contributed by atoms with Gasteiger partial charge in [-0.15, -0.1) is 20.4 Å². The van der Waals surface area contributed by atoms with Crippen molar-refractivity contribution in [3.63, 3.8) is 0 Å². The van der Waals surface area contributed by atoms with E-state index in [2.05, 4.69) is 20.4 Å². The fourth-order valence-corrected chi connectivity index (χ4v) is 0.537. The topological polar surface area (TPSA) is 51.6 Å². The predicted octanol–water partition coefficient (Wildman–Crippen LogP) is -0.642. The van der Waals surface area contributed by atoms with Crippen LogP contribution in [0.3, 0.4) is 0 Å². The Hall–Kier alpha value is -0.995. The second-order valence-corrected chi connectivity index (χ2v) is 3.33. The molecular weight excluding hydrogens is 139 g/mol. The van der Waals surface area contributed by atoms with E-state index in [-0.39, 0.29) is 11.1 Å². The van der Waals surface area contributed by atoms with Crippen LogP contribution in [0, 0.1) is 0 Å². The van der Waals surface area contributed by atoms with Gasteiger partial charge in [0.2, 0.25) is 0 Å². The molecular formula is C6H9BN4. The molecule has 1 aromatic heterocycles. The van der Waals surface area contributed by atoms with Gasteiger partial charge in [-0.1, -0.05) is 20.8 Å². The standard InChI is InChI=1S/C6H9BN4/c1-6(2,3)4-8-10-5(7)11-9-4/h1-3H3. The Morgan fingerprint density at radius 3 is 1.82 bits per heavy atom. The molecule has 0 aliphatic rings. The molecule has 0 unspecified atom stereocenters. The first-order valence-electron chi connectivity index (χ1n) is 3.33. The number of hydrogen-bond donors (Lipinski definition) is 0. The Kier molecular flexibility index (Phi) is 1.89. The van der Waals surface area contributed by atoms with Gasteiger partial charge in [0.1, 0.15) is 5.72 Å². The third-order valence-electron chi connectivity index (χ3n) is 1.17. The highest BCUT2D eigenvalue weighted by Crippen LogP contribution is 2.14. The number of nitrogens with zero attached hydrogens (tertiary/aromatic N) is 4. The summed E-state index contributed by atoms with van der Waals surface area (Å²) in [5, 5.41) is 14.8. The van der Waals surface area contributed by atoms with E-state index in [1.165, 1.54) is 0 Å². The molecule has 0 saturated heterocycles. The molecule has 0 spiro atoms. The Morgan fingerprint density at radius 2 is 1.45 bits per heavy atom. The second-order valence-electron chi connectivity index (χ2n) is 3.33. The molecule has 0 aromatic carbocycles. The van der Waals surface area contributed by atoms with Crippen molar-refractivity contribution in [1.82, 2.24) is 20.4 Å². The minimum absolute atomic E-state index is 0.109. The summed E-state index contributed by atoms with van der Waals surface area (Å²) in [6, 6.07) is 0. The highest BCUT2D eigenvalue weighted by molar-refractivity contribution is 6.28. The Bertz CT molecular complexity index is 238. The minimum atomic E-state index is -0.117. The summed E-state index contributed by atoms with van der Waals surface area (Å²) in [6.07, 6.45) is 0. The summed E-state index contributed by atoms with van der Waals surface area (Å²) < 4.78 is 0. The van der Waals surface area contributed by atoms with Crippen molar-refractivity contribution in [3.05, 3.63) is 5.82 Å². The fraction of sp³-hybridized carbons (Fsp3) is 0.667. The van der Waals surface area contributed by atoms with E-state index >= 15 is 0 Å². The third kappa shape index (κ3) is 1.96. The Labute approximate surface area is 66.9 Å². The molecule has 0 fully saturated rings. The first kappa shape index (κ1) is 8.10. The van der Waals surface area contributed by atoms with Crippen molar-refractivity contribution in [2.24, 2.45) is 0 Å². The SMILES string of the molecule is [B]c1nnc(C(C)(C)C)nn1. The van der Waals surface area contributed by atoms with Crippen LogP contribution < -0.4 is 5.72 Å². The van der Waals surface area contributed by atoms with Gasteiger partial charge in [0, 0.05) is 5.41 Å². The molecule has 2 radical (unpaired) electrons. The molecule has 1 aromatic rings. The summed E-state index contributed by atoms with van der Waals surface area (Å²) in [5.41, 5.74) is -0.00810. The molecule has 4 nitrogen and oxygen atoms in total. The quantitative estimate of drug-likeness (QED) is 0.459. The van der Waals surface area contributed by atoms with Gasteiger partial charge in [-0.25, -0.2) is 0 Å². The van der Waals surface area contributed by atoms with Gasteiger partial charge in [0.05, 0.1) is 0 Å². The second kappa shape index (κ2) is 2.56. The van der Waals surface area contributed by atoms with E-state index in [1.807, 2.05) is 20.8 Å². The molecule has 1 heterocycles. The maximum Gasteiger partial charge on any atom is 0.178 e. The van der Waals surface area contributed by atoms with Crippen LogP contribution in [0.15, 0.2) is 0 Å². The molecule has 0 aliphatic carbocycles. The summed E-state index contributed by atoms with van der Waals surface area (Å²) in [6.45, 7) is 5.96. The Balaban J connectivity index is 2.99. The number of hydrogen-bond acceptors (Lipinski definition) is 4. The maximum absolute atomic E-state index is 5.22. The Morgan fingerprint density at radius 1 is 1.00 bits per heavy atom. The maximum atomic E-state index is 5.22. The average molecular weight is 148 g/mol. The lowest BCUT2D eigenvalue weighted by atomic mass is 9.96. The highest BCUT2D eigenvalue weighted by atomic mass is 15.3. The van der Waals surface area contributed by atoms with Gasteiger partial charge in [0.25, 0.3) is 0 Å². The van der Waals surface area contributed by atoms with Gasteiger partial charge < -0.3 is 0 Å². The summed E-state index contributed by atoms with van der Waals surface area (Å²) >= 11 is 0. The smallest absolute Gasteiger partial charge is 0.144 e. The van der Waals surface area contributed by atoms with Crippen LogP contribution in [0.25, 0.3) is 0 Å². The highest BCUT2D eigenvalue weighted by Gasteiger charge is 2.17. The van der Waals surface area contributed by atoms with Gasteiger partial charge in [-0.3, -0.25) is 0 Å². The van der Waals surface area contributed by atoms with Crippen molar-refractivity contribution < 1.29 is 0 Å². The fourth-order valence-electron chi connectivity index (χ4n) is 0.537. The average Bonchev–Trinajstić information content (AvgIpc) is 1.86. The van der Waals surface area contributed by atoms with Gasteiger partial charge in [-0.05, 0) is 0 Å². The summed E-state index contributed by atoms with van der Waals surface area (Å²) in [4.78, 5) is 0. The van der Waals surface area contributed by atoms with E-state index in [1.54, 1.807) is 0 Å². The largest absolute Gasteiger partial charge is 0.178 e. The first-order valence-corrected chi connectivity index (χ1v) is 3.33. The first-order chi connectivity index (χ1) is 5.00. The van der Waals surface area contributed by atoms with E-state index < -0.39 is 0 Å². The molecule has 1 rings (SSSR count). The van der Waals surface area contributed by atoms with E-state index in [9.17, 15) is 0 Å². The lowest BCUT2D eigenvalue weighted by Crippen LogP contribution is -2.24. The lowest BCUT2D eigenvalue weighted by molar-refractivity contribution is 0.521. The van der Waals surface area contributed by atoms with Crippen LogP contribution in [0.1, 0.15) is 26.6 Å². The van der Waals surface area contributed by atoms with Crippen molar-refractivity contribution in [2.75, 3.05) is 0 Å². The summed E-state index contributed by atoms with van der Waals surface area (Å²) in [7, 11) is 5.22. The van der Waals surface area contributed by atoms with Crippen LogP contribution in [0.5, 0.6) is 0 Å². The van der Waals surface area contributed by atoms with E-state index in [0.29, 0.717) is 5.82 Å². The molecule has 5 heteroatoms. The normalized spacial score (nSPS) is 11.5. The molecule has 0 saturated carbocycles. The van der Waals surface area contributed by atoms with Crippen molar-refractivity contribution >= 4 is 13.6 Å². The lowest BCUT2D eigenvalue weighted by Gasteiger charge is -2.13. The third-order valence-corrected chi connectivity index (χ3v) is 1.17. The van der Waals surface area contributed by atoms with Crippen LogP contribution in [-0.2, 0) is 5.41 Å². The van der Waals surface area contributed by atoms with Crippen LogP contribution in [-0.4, -0.2) is 28.2 Å². The molecule has 0 bridgehead atoms. The van der Waals surface area contributed by atoms with Crippen molar-refractivity contribution in [3.8, 4) is 0 Å². The van der Waals surface area contributed by atoms with Crippen molar-refractivity contribution in [1.29, 1.82) is 0 Å². The molecule has 11 heavy (non-hydrogen) atoms. The van der Waals surface area contributed by atoms with Crippen LogP contribution in [0.4, 0.5) is 0 Å². The zero-order valence-electron chi connectivity index (χ0n) is 6.87. The predicted molar refractivity (Wildman–Crippen MR) is 41.7 cm³/mol. The van der Waals surface area contributed by atoms with Crippen molar-refractivity contribution in [2.45, 2.75) is 26.2 Å². The monoisotopic (exact) mass is 148 g/mol. The summed E-state index contributed by atoms with van der Waals surface area (Å²) in [5.74, 6) is 0.603. The zero-order chi connectivity index (χ0) is 8.48. The molecule has 0 N–H and O–H groups in total. The van der Waals surface area contributed by atoms with Crippen LogP contribution in [0.2, 0.25) is 0 Å². The molecule has 0 amide bonds. The number of rotatable bonds is 0. The zero-order valence-corrected chi connectivity index (χ0v) is 6.87. The van der Waals surface area contributed by atoms with Gasteiger partial charge >= 0.3 is 0 Å². The van der Waals surface area contributed by atoms with Gasteiger partial charge in [0.15, 0.2) is 13.7 Å². The van der Waals surface area contributed by atoms with E-state index in [0.717, 1.165) is 0 Å². The molecule has 0 aliphatic heterocycles. The van der Waals surface area contributed by atoms with Crippen LogP contribution >= 0.6 is 0 Å². The van der Waals surface area contributed by atoms with Gasteiger partial charge in [-0.2, -0.15) is 0 Å². The molecule has 0 atom stereocenters. The minimum Gasteiger partial charge on any atom is -0.144 e. The van der Waals surface area contributed by atoms with E-state index in [4.69, 9.17) is 7.85 Å².